The molecule has 3 aromatic rings. The number of hydrogen-bond acceptors (Lipinski definition) is 5. The van der Waals surface area contributed by atoms with Crippen LogP contribution in [0.25, 0.3) is 10.9 Å². The van der Waals surface area contributed by atoms with E-state index in [2.05, 4.69) is 9.97 Å². The molecule has 0 bridgehead atoms. The number of para-hydroxylation sites is 1. The van der Waals surface area contributed by atoms with Crippen molar-refractivity contribution in [1.82, 2.24) is 14.5 Å². The molecular formula is C18H17N3O3. The predicted molar refractivity (Wildman–Crippen MR) is 90.0 cm³/mol. The molecule has 0 N–H and O–H groups in total. The molecule has 3 rings (SSSR count). The maximum Gasteiger partial charge on any atom is 0.339 e. The summed E-state index contributed by atoms with van der Waals surface area (Å²) in [5.41, 5.74) is 1.75. The van der Waals surface area contributed by atoms with Crippen molar-refractivity contribution < 1.29 is 9.53 Å². The fourth-order valence-electron chi connectivity index (χ4n) is 2.44. The molecule has 24 heavy (non-hydrogen) atoms. The number of aromatic nitrogens is 3. The first kappa shape index (κ1) is 15.9. The van der Waals surface area contributed by atoms with E-state index in [9.17, 15) is 9.59 Å². The largest absolute Gasteiger partial charge is 0.460 e. The highest BCUT2D eigenvalue weighted by molar-refractivity contribution is 5.88. The molecular weight excluding hydrogens is 306 g/mol. The second-order valence-electron chi connectivity index (χ2n) is 5.46. The van der Waals surface area contributed by atoms with Crippen LogP contribution in [0.1, 0.15) is 21.9 Å². The average molecular weight is 323 g/mol. The molecule has 0 atom stereocenters. The average Bonchev–Trinajstić information content (AvgIpc) is 2.58. The van der Waals surface area contributed by atoms with Crippen molar-refractivity contribution in [2.45, 2.75) is 20.4 Å². The normalized spacial score (nSPS) is 10.8. The number of esters is 1. The Morgan fingerprint density at radius 1 is 1.17 bits per heavy atom. The lowest BCUT2D eigenvalue weighted by Gasteiger charge is -2.11. The van der Waals surface area contributed by atoms with Crippen LogP contribution in [-0.4, -0.2) is 27.1 Å². The first-order valence-electron chi connectivity index (χ1n) is 7.62. The molecule has 122 valence electrons. The molecule has 0 radical (unpaired) electrons. The van der Waals surface area contributed by atoms with Crippen LogP contribution in [0.4, 0.5) is 0 Å². The zero-order valence-electron chi connectivity index (χ0n) is 13.5. The molecule has 2 heterocycles. The van der Waals surface area contributed by atoms with Gasteiger partial charge in [0.1, 0.15) is 12.4 Å². The van der Waals surface area contributed by atoms with Crippen LogP contribution >= 0.6 is 0 Å². The van der Waals surface area contributed by atoms with E-state index in [1.54, 1.807) is 37.3 Å². The van der Waals surface area contributed by atoms with Crippen LogP contribution in [0.2, 0.25) is 0 Å². The van der Waals surface area contributed by atoms with Crippen molar-refractivity contribution in [3.05, 3.63) is 70.0 Å². The van der Waals surface area contributed by atoms with E-state index >= 15 is 0 Å². The number of hydrogen-bond donors (Lipinski definition) is 0. The first-order chi connectivity index (χ1) is 11.6. The van der Waals surface area contributed by atoms with E-state index in [0.29, 0.717) is 22.3 Å². The van der Waals surface area contributed by atoms with Crippen LogP contribution < -0.4 is 5.56 Å². The number of aryl methyl sites for hydroxylation is 2. The zero-order valence-corrected chi connectivity index (χ0v) is 13.5. The number of carbonyl (C=O) groups is 1. The van der Waals surface area contributed by atoms with E-state index in [0.717, 1.165) is 5.69 Å². The summed E-state index contributed by atoms with van der Waals surface area (Å²) in [7, 11) is 0. The molecule has 0 aliphatic heterocycles. The summed E-state index contributed by atoms with van der Waals surface area (Å²) in [5.74, 6) is 0.133. The van der Waals surface area contributed by atoms with Crippen molar-refractivity contribution in [3.63, 3.8) is 0 Å². The Labute approximate surface area is 138 Å². The van der Waals surface area contributed by atoms with E-state index < -0.39 is 5.97 Å². The van der Waals surface area contributed by atoms with Gasteiger partial charge in [0.05, 0.1) is 23.0 Å². The lowest BCUT2D eigenvalue weighted by molar-refractivity contribution is 0.0489. The second kappa shape index (κ2) is 6.62. The fraction of sp³-hybridized carbons (Fsp3) is 0.222. The van der Waals surface area contributed by atoms with Gasteiger partial charge in [-0.15, -0.1) is 0 Å². The van der Waals surface area contributed by atoms with Gasteiger partial charge in [0, 0.05) is 11.9 Å². The molecule has 0 amide bonds. The minimum Gasteiger partial charge on any atom is -0.460 e. The van der Waals surface area contributed by atoms with Gasteiger partial charge in [0.15, 0.2) is 0 Å². The van der Waals surface area contributed by atoms with Crippen molar-refractivity contribution in [2.75, 3.05) is 6.61 Å². The Bertz CT molecular complexity index is 946. The number of rotatable bonds is 4. The van der Waals surface area contributed by atoms with Gasteiger partial charge in [0.2, 0.25) is 0 Å². The van der Waals surface area contributed by atoms with Crippen LogP contribution in [0.3, 0.4) is 0 Å². The standard InChI is InChI=1S/C18H17N3O3/c1-12-7-8-14(11-19-12)18(23)24-10-9-21-13(2)20-16-6-4-3-5-15(16)17(21)22/h3-8,11H,9-10H2,1-2H3. The van der Waals surface area contributed by atoms with Gasteiger partial charge >= 0.3 is 5.97 Å². The van der Waals surface area contributed by atoms with Gasteiger partial charge in [-0.2, -0.15) is 0 Å². The molecule has 0 spiro atoms. The van der Waals surface area contributed by atoms with Gasteiger partial charge in [-0.25, -0.2) is 9.78 Å². The molecule has 0 aliphatic carbocycles. The van der Waals surface area contributed by atoms with E-state index in [4.69, 9.17) is 4.74 Å². The third-order valence-electron chi connectivity index (χ3n) is 3.75. The number of nitrogens with zero attached hydrogens (tertiary/aromatic N) is 3. The van der Waals surface area contributed by atoms with Crippen molar-refractivity contribution in [3.8, 4) is 0 Å². The van der Waals surface area contributed by atoms with E-state index in [-0.39, 0.29) is 18.7 Å². The van der Waals surface area contributed by atoms with E-state index in [1.807, 2.05) is 13.0 Å². The second-order valence-corrected chi connectivity index (χ2v) is 5.46. The summed E-state index contributed by atoms with van der Waals surface area (Å²) in [6, 6.07) is 10.6. The van der Waals surface area contributed by atoms with Gasteiger partial charge in [-0.05, 0) is 38.1 Å². The fourth-order valence-corrected chi connectivity index (χ4v) is 2.44. The summed E-state index contributed by atoms with van der Waals surface area (Å²) in [6.45, 7) is 3.96. The summed E-state index contributed by atoms with van der Waals surface area (Å²) >= 11 is 0. The van der Waals surface area contributed by atoms with Gasteiger partial charge in [0.25, 0.3) is 5.56 Å². The van der Waals surface area contributed by atoms with Gasteiger partial charge < -0.3 is 4.74 Å². The summed E-state index contributed by atoms with van der Waals surface area (Å²) < 4.78 is 6.74. The number of pyridine rings is 1. The first-order valence-corrected chi connectivity index (χ1v) is 7.62. The maximum atomic E-state index is 12.5. The lowest BCUT2D eigenvalue weighted by Crippen LogP contribution is -2.26. The minimum absolute atomic E-state index is 0.0908. The Hall–Kier alpha value is -3.02. The summed E-state index contributed by atoms with van der Waals surface area (Å²) in [4.78, 5) is 32.9. The Kier molecular flexibility index (Phi) is 4.37. The molecule has 6 heteroatoms. The monoisotopic (exact) mass is 323 g/mol. The molecule has 0 unspecified atom stereocenters. The quantitative estimate of drug-likeness (QED) is 0.689. The van der Waals surface area contributed by atoms with Gasteiger partial charge in [-0.3, -0.25) is 14.3 Å². The van der Waals surface area contributed by atoms with Crippen molar-refractivity contribution >= 4 is 16.9 Å². The summed E-state index contributed by atoms with van der Waals surface area (Å²) in [5, 5.41) is 0.553. The molecule has 0 fully saturated rings. The number of fused-ring (bicyclic) bond motifs is 1. The van der Waals surface area contributed by atoms with Crippen LogP contribution in [0.5, 0.6) is 0 Å². The zero-order chi connectivity index (χ0) is 17.1. The topological polar surface area (TPSA) is 74.1 Å². The van der Waals surface area contributed by atoms with Crippen molar-refractivity contribution in [2.24, 2.45) is 0 Å². The maximum absolute atomic E-state index is 12.5. The third-order valence-corrected chi connectivity index (χ3v) is 3.75. The highest BCUT2D eigenvalue weighted by Gasteiger charge is 2.10. The Morgan fingerprint density at radius 3 is 2.71 bits per heavy atom. The van der Waals surface area contributed by atoms with Crippen LogP contribution in [-0.2, 0) is 11.3 Å². The SMILES string of the molecule is Cc1ccc(C(=O)OCCn2c(C)nc3ccccc3c2=O)cn1. The Morgan fingerprint density at radius 2 is 1.96 bits per heavy atom. The van der Waals surface area contributed by atoms with Crippen molar-refractivity contribution in [1.29, 1.82) is 0 Å². The highest BCUT2D eigenvalue weighted by atomic mass is 16.5. The van der Waals surface area contributed by atoms with Crippen LogP contribution in [0.15, 0.2) is 47.4 Å². The predicted octanol–water partition coefficient (Wildman–Crippen LogP) is 2.27. The molecule has 2 aromatic heterocycles. The van der Waals surface area contributed by atoms with Crippen LogP contribution in [0, 0.1) is 13.8 Å². The van der Waals surface area contributed by atoms with Gasteiger partial charge in [-0.1, -0.05) is 12.1 Å². The smallest absolute Gasteiger partial charge is 0.339 e. The number of benzene rings is 1. The molecule has 0 aliphatic rings. The Balaban J connectivity index is 1.73. The lowest BCUT2D eigenvalue weighted by atomic mass is 10.2. The number of ether oxygens (including phenoxy) is 1. The number of carbonyl (C=O) groups excluding carboxylic acids is 1. The minimum atomic E-state index is -0.457. The summed E-state index contributed by atoms with van der Waals surface area (Å²) in [6.07, 6.45) is 1.48. The van der Waals surface area contributed by atoms with E-state index in [1.165, 1.54) is 10.8 Å². The third kappa shape index (κ3) is 3.17. The highest BCUT2D eigenvalue weighted by Crippen LogP contribution is 2.07. The molecule has 1 aromatic carbocycles. The molecule has 6 nitrogen and oxygen atoms in total. The molecule has 0 saturated carbocycles. The molecule has 0 saturated heterocycles.